The van der Waals surface area contributed by atoms with Gasteiger partial charge in [-0.15, -0.1) is 0 Å². The van der Waals surface area contributed by atoms with E-state index in [1.807, 2.05) is 0 Å². The Morgan fingerprint density at radius 3 is 0.886 bits per heavy atom. The van der Waals surface area contributed by atoms with Crippen LogP contribution in [0.1, 0.15) is 6.92 Å². The van der Waals surface area contributed by atoms with E-state index in [4.69, 9.17) is 52.5 Å². The van der Waals surface area contributed by atoms with Crippen LogP contribution < -0.4 is 0 Å². The third-order valence-electron chi connectivity index (χ3n) is 3.73. The van der Waals surface area contributed by atoms with Crippen LogP contribution in [-0.2, 0) is 57.0 Å². The van der Waals surface area contributed by atoms with Crippen molar-refractivity contribution >= 4 is 11.9 Å². The lowest BCUT2D eigenvalue weighted by molar-refractivity contribution is -0.143. The molecule has 0 unspecified atom stereocenters. The molecule has 13 nitrogen and oxygen atoms in total. The maximum atomic E-state index is 10.5. The Hall–Kier alpha value is -1.42. The van der Waals surface area contributed by atoms with Gasteiger partial charge < -0.3 is 52.5 Å². The van der Waals surface area contributed by atoms with E-state index in [0.717, 1.165) is 0 Å². The molecule has 0 radical (unpaired) electrons. The summed E-state index contributed by atoms with van der Waals surface area (Å²) >= 11 is 0. The van der Waals surface area contributed by atoms with Crippen molar-refractivity contribution in [3.63, 3.8) is 0 Å². The van der Waals surface area contributed by atoms with Gasteiger partial charge in [-0.05, 0) is 0 Å². The molecular weight excluding hydrogens is 472 g/mol. The number of carboxylic acids is 1. The Morgan fingerprint density at radius 2 is 0.657 bits per heavy atom. The molecule has 0 rings (SSSR count). The second kappa shape index (κ2) is 28.8. The first-order chi connectivity index (χ1) is 17.1. The molecule has 0 spiro atoms. The van der Waals surface area contributed by atoms with Gasteiger partial charge in [-0.1, -0.05) is 0 Å². The van der Waals surface area contributed by atoms with Crippen LogP contribution in [0, 0.1) is 0 Å². The summed E-state index contributed by atoms with van der Waals surface area (Å²) in [6, 6.07) is 0. The minimum Gasteiger partial charge on any atom is -0.480 e. The summed E-state index contributed by atoms with van der Waals surface area (Å²) in [6.07, 6.45) is 0. The predicted molar refractivity (Wildman–Crippen MR) is 122 cm³/mol. The van der Waals surface area contributed by atoms with Crippen molar-refractivity contribution in [3.05, 3.63) is 0 Å². The van der Waals surface area contributed by atoms with E-state index >= 15 is 0 Å². The minimum absolute atomic E-state index is 0.240. The van der Waals surface area contributed by atoms with Gasteiger partial charge in [0.1, 0.15) is 13.2 Å². The van der Waals surface area contributed by atoms with Crippen molar-refractivity contribution in [2.75, 3.05) is 126 Å². The van der Waals surface area contributed by atoms with Crippen LogP contribution in [-0.4, -0.2) is 143 Å². The van der Waals surface area contributed by atoms with Crippen molar-refractivity contribution in [2.45, 2.75) is 6.92 Å². The Bertz CT molecular complexity index is 425. The molecule has 35 heavy (non-hydrogen) atoms. The molecule has 0 saturated carbocycles. The number of aliphatic carboxylic acids is 1. The molecule has 0 bridgehead atoms. The second-order valence-electron chi connectivity index (χ2n) is 6.69. The van der Waals surface area contributed by atoms with Gasteiger partial charge in [0.05, 0.1) is 112 Å². The first-order valence-corrected chi connectivity index (χ1v) is 11.7. The van der Waals surface area contributed by atoms with Crippen LogP contribution in [0.2, 0.25) is 0 Å². The fourth-order valence-electron chi connectivity index (χ4n) is 2.16. The Morgan fingerprint density at radius 1 is 0.429 bits per heavy atom. The number of hydrogen-bond acceptors (Lipinski definition) is 12. The van der Waals surface area contributed by atoms with Crippen LogP contribution in [0.15, 0.2) is 0 Å². The van der Waals surface area contributed by atoms with Gasteiger partial charge in [0, 0.05) is 6.92 Å². The summed E-state index contributed by atoms with van der Waals surface area (Å²) in [7, 11) is 0. The monoisotopic (exact) mass is 514 g/mol. The summed E-state index contributed by atoms with van der Waals surface area (Å²) in [4.78, 5) is 20.8. The molecule has 0 saturated heterocycles. The molecule has 1 N–H and O–H groups in total. The molecule has 0 aliphatic rings. The SMILES string of the molecule is CC(=O)OCCOCCOCCOCCOCCOCCOCCOCCOCCOCC(=O)O. The van der Waals surface area contributed by atoms with E-state index in [0.29, 0.717) is 106 Å². The van der Waals surface area contributed by atoms with E-state index < -0.39 is 5.97 Å². The maximum absolute atomic E-state index is 10.5. The van der Waals surface area contributed by atoms with Crippen LogP contribution in [0.4, 0.5) is 0 Å². The zero-order valence-corrected chi connectivity index (χ0v) is 20.8. The summed E-state index contributed by atoms with van der Waals surface area (Å²) < 4.78 is 52.3. The van der Waals surface area contributed by atoms with Gasteiger partial charge in [-0.25, -0.2) is 4.79 Å². The lowest BCUT2D eigenvalue weighted by Gasteiger charge is -2.08. The summed E-state index contributed by atoms with van der Waals surface area (Å²) in [5.41, 5.74) is 0. The van der Waals surface area contributed by atoms with Gasteiger partial charge >= 0.3 is 11.9 Å². The summed E-state index contributed by atoms with van der Waals surface area (Å²) in [6.45, 7) is 8.70. The van der Waals surface area contributed by atoms with Crippen molar-refractivity contribution in [1.29, 1.82) is 0 Å². The average Bonchev–Trinajstić information content (AvgIpc) is 2.82. The summed E-state index contributed by atoms with van der Waals surface area (Å²) in [5.74, 6) is -1.31. The number of esters is 1. The topological polar surface area (TPSA) is 147 Å². The van der Waals surface area contributed by atoms with E-state index in [2.05, 4.69) is 0 Å². The molecule has 0 aromatic carbocycles. The zero-order valence-electron chi connectivity index (χ0n) is 20.8. The molecule has 0 atom stereocenters. The molecule has 208 valence electrons. The lowest BCUT2D eigenvalue weighted by Crippen LogP contribution is -2.15. The van der Waals surface area contributed by atoms with Crippen molar-refractivity contribution < 1.29 is 62.1 Å². The Balaban J connectivity index is 3.03. The van der Waals surface area contributed by atoms with Crippen molar-refractivity contribution in [3.8, 4) is 0 Å². The molecule has 0 aromatic heterocycles. The van der Waals surface area contributed by atoms with Crippen LogP contribution in [0.5, 0.6) is 0 Å². The third kappa shape index (κ3) is 32.6. The van der Waals surface area contributed by atoms with Gasteiger partial charge in [0.15, 0.2) is 0 Å². The molecule has 0 aliphatic carbocycles. The van der Waals surface area contributed by atoms with Gasteiger partial charge in [0.2, 0.25) is 0 Å². The molecule has 0 aromatic rings. The smallest absolute Gasteiger partial charge is 0.329 e. The van der Waals surface area contributed by atoms with Crippen molar-refractivity contribution in [1.82, 2.24) is 0 Å². The number of carbonyl (C=O) groups is 2. The third-order valence-corrected chi connectivity index (χ3v) is 3.73. The van der Waals surface area contributed by atoms with Crippen molar-refractivity contribution in [2.24, 2.45) is 0 Å². The minimum atomic E-state index is -0.998. The van der Waals surface area contributed by atoms with Crippen LogP contribution >= 0.6 is 0 Å². The first-order valence-electron chi connectivity index (χ1n) is 11.7. The molecule has 13 heteroatoms. The number of ether oxygens (including phenoxy) is 10. The van der Waals surface area contributed by atoms with E-state index in [1.54, 1.807) is 0 Å². The highest BCUT2D eigenvalue weighted by Gasteiger charge is 1.97. The van der Waals surface area contributed by atoms with Crippen LogP contribution in [0.3, 0.4) is 0 Å². The summed E-state index contributed by atoms with van der Waals surface area (Å²) in [5, 5.41) is 8.39. The lowest BCUT2D eigenvalue weighted by atomic mass is 10.6. The molecule has 0 fully saturated rings. The molecule has 0 aliphatic heterocycles. The quantitative estimate of drug-likeness (QED) is 0.104. The van der Waals surface area contributed by atoms with E-state index in [-0.39, 0.29) is 25.8 Å². The van der Waals surface area contributed by atoms with E-state index in [1.165, 1.54) is 6.92 Å². The van der Waals surface area contributed by atoms with E-state index in [9.17, 15) is 9.59 Å². The largest absolute Gasteiger partial charge is 0.480 e. The normalized spacial score (nSPS) is 11.1. The fraction of sp³-hybridized carbons (Fsp3) is 0.909. The Kier molecular flexibility index (Phi) is 27.6. The number of carboxylic acid groups (broad SMARTS) is 1. The Labute approximate surface area is 207 Å². The average molecular weight is 515 g/mol. The predicted octanol–water partition coefficient (Wildman–Crippen LogP) is -0.216. The van der Waals surface area contributed by atoms with Crippen LogP contribution in [0.25, 0.3) is 0 Å². The fourth-order valence-corrected chi connectivity index (χ4v) is 2.16. The number of hydrogen-bond donors (Lipinski definition) is 1. The maximum Gasteiger partial charge on any atom is 0.329 e. The van der Waals surface area contributed by atoms with Gasteiger partial charge in [-0.2, -0.15) is 0 Å². The highest BCUT2D eigenvalue weighted by atomic mass is 16.6. The number of rotatable bonds is 29. The molecule has 0 heterocycles. The first kappa shape index (κ1) is 33.6. The standard InChI is InChI=1S/C22H42O13/c1-21(23)35-19-18-33-15-14-31-11-10-29-7-6-27-3-2-26-4-5-28-8-9-30-12-13-32-16-17-34-20-22(24)25/h2-20H2,1H3,(H,24,25). The molecular formula is C22H42O13. The second-order valence-corrected chi connectivity index (χ2v) is 6.69. The molecule has 0 amide bonds. The van der Waals surface area contributed by atoms with Gasteiger partial charge in [0.25, 0.3) is 0 Å². The number of carbonyl (C=O) groups excluding carboxylic acids is 1. The van der Waals surface area contributed by atoms with Gasteiger partial charge in [-0.3, -0.25) is 4.79 Å². The highest BCUT2D eigenvalue weighted by Crippen LogP contribution is 1.86. The zero-order chi connectivity index (χ0) is 25.7. The highest BCUT2D eigenvalue weighted by molar-refractivity contribution is 5.68.